The molecule has 1 aromatic heterocycles. The highest BCUT2D eigenvalue weighted by molar-refractivity contribution is 14.0. The number of hydrogen-bond acceptors (Lipinski definition) is 2. The zero-order valence-corrected chi connectivity index (χ0v) is 16.5. The van der Waals surface area contributed by atoms with Crippen LogP contribution in [0.3, 0.4) is 0 Å². The molecule has 2 heterocycles. The number of rotatable bonds is 4. The summed E-state index contributed by atoms with van der Waals surface area (Å²) in [6, 6.07) is 4.31. The Balaban J connectivity index is 0.00000220. The second-order valence-electron chi connectivity index (χ2n) is 5.92. The van der Waals surface area contributed by atoms with E-state index in [2.05, 4.69) is 48.5 Å². The van der Waals surface area contributed by atoms with E-state index < -0.39 is 0 Å². The molecule has 2 unspecified atom stereocenters. The van der Waals surface area contributed by atoms with Gasteiger partial charge in [0.25, 0.3) is 0 Å². The molecule has 0 radical (unpaired) electrons. The van der Waals surface area contributed by atoms with E-state index in [0.29, 0.717) is 0 Å². The van der Waals surface area contributed by atoms with Crippen LogP contribution in [0.1, 0.15) is 32.1 Å². The van der Waals surface area contributed by atoms with Gasteiger partial charge in [0, 0.05) is 37.5 Å². The number of guanidine groups is 1. The molecular weight excluding hydrogens is 393 g/mol. The summed E-state index contributed by atoms with van der Waals surface area (Å²) in [5, 5.41) is 5.59. The molecule has 1 aromatic rings. The van der Waals surface area contributed by atoms with Crippen molar-refractivity contribution in [3.8, 4) is 0 Å². The number of aliphatic imine (C=N–C) groups is 1. The van der Waals surface area contributed by atoms with Crippen LogP contribution in [-0.2, 0) is 6.42 Å². The average molecular weight is 421 g/mol. The first-order valence-electron chi connectivity index (χ1n) is 7.74. The van der Waals surface area contributed by atoms with Crippen molar-refractivity contribution < 1.29 is 0 Å². The predicted molar refractivity (Wildman–Crippen MR) is 104 cm³/mol. The van der Waals surface area contributed by atoms with E-state index in [0.717, 1.165) is 50.4 Å². The standard InChI is InChI=1S/C16H27N3S.HI/c1-4-17-16(18-8-7-15-6-5-9-20-15)19-11-13(2)10-14(3)12-19;/h5-6,9,13-14H,4,7-8,10-12H2,1-3H3,(H,17,18);1H. The van der Waals surface area contributed by atoms with Gasteiger partial charge in [0.1, 0.15) is 0 Å². The van der Waals surface area contributed by atoms with Gasteiger partial charge in [-0.1, -0.05) is 19.9 Å². The number of hydrogen-bond donors (Lipinski definition) is 1. The molecule has 0 amide bonds. The van der Waals surface area contributed by atoms with E-state index in [1.807, 2.05) is 11.3 Å². The highest BCUT2D eigenvalue weighted by Gasteiger charge is 2.23. The van der Waals surface area contributed by atoms with Crippen molar-refractivity contribution in [2.75, 3.05) is 26.2 Å². The third-order valence-corrected chi connectivity index (χ3v) is 4.64. The molecule has 21 heavy (non-hydrogen) atoms. The summed E-state index contributed by atoms with van der Waals surface area (Å²) < 4.78 is 0. The summed E-state index contributed by atoms with van der Waals surface area (Å²) in [7, 11) is 0. The number of halogens is 1. The summed E-state index contributed by atoms with van der Waals surface area (Å²) in [6.45, 7) is 10.9. The van der Waals surface area contributed by atoms with Gasteiger partial charge in [0.2, 0.25) is 0 Å². The van der Waals surface area contributed by atoms with Crippen molar-refractivity contribution in [1.29, 1.82) is 0 Å². The molecule has 1 aliphatic heterocycles. The lowest BCUT2D eigenvalue weighted by Gasteiger charge is -2.37. The molecule has 3 nitrogen and oxygen atoms in total. The first-order chi connectivity index (χ1) is 9.69. The molecule has 0 aliphatic carbocycles. The quantitative estimate of drug-likeness (QED) is 0.454. The van der Waals surface area contributed by atoms with Crippen LogP contribution in [0.4, 0.5) is 0 Å². The highest BCUT2D eigenvalue weighted by Crippen LogP contribution is 2.21. The molecule has 0 saturated carbocycles. The maximum absolute atomic E-state index is 4.82. The van der Waals surface area contributed by atoms with Crippen LogP contribution < -0.4 is 5.32 Å². The fourth-order valence-electron chi connectivity index (χ4n) is 2.99. The second-order valence-corrected chi connectivity index (χ2v) is 6.95. The molecule has 120 valence electrons. The van der Waals surface area contributed by atoms with Gasteiger partial charge in [-0.25, -0.2) is 0 Å². The molecule has 2 atom stereocenters. The van der Waals surface area contributed by atoms with Gasteiger partial charge < -0.3 is 10.2 Å². The molecule has 0 aromatic carbocycles. The Morgan fingerprint density at radius 2 is 2.10 bits per heavy atom. The van der Waals surface area contributed by atoms with Gasteiger partial charge >= 0.3 is 0 Å². The van der Waals surface area contributed by atoms with Crippen LogP contribution in [-0.4, -0.2) is 37.0 Å². The summed E-state index contributed by atoms with van der Waals surface area (Å²) in [6.07, 6.45) is 2.39. The fourth-order valence-corrected chi connectivity index (χ4v) is 3.69. The Labute approximate surface area is 150 Å². The average Bonchev–Trinajstić information content (AvgIpc) is 2.89. The molecule has 0 bridgehead atoms. The van der Waals surface area contributed by atoms with E-state index in [9.17, 15) is 0 Å². The van der Waals surface area contributed by atoms with Crippen molar-refractivity contribution in [3.63, 3.8) is 0 Å². The smallest absolute Gasteiger partial charge is 0.193 e. The van der Waals surface area contributed by atoms with Gasteiger partial charge in [-0.15, -0.1) is 35.3 Å². The van der Waals surface area contributed by atoms with Crippen LogP contribution >= 0.6 is 35.3 Å². The zero-order chi connectivity index (χ0) is 14.4. The first kappa shape index (κ1) is 18.7. The second kappa shape index (κ2) is 9.66. The Hall–Kier alpha value is -0.300. The van der Waals surface area contributed by atoms with Crippen molar-refractivity contribution in [2.45, 2.75) is 33.6 Å². The predicted octanol–water partition coefficient (Wildman–Crippen LogP) is 3.85. The van der Waals surface area contributed by atoms with E-state index >= 15 is 0 Å². The van der Waals surface area contributed by atoms with Crippen molar-refractivity contribution in [3.05, 3.63) is 22.4 Å². The largest absolute Gasteiger partial charge is 0.357 e. The molecular formula is C16H28IN3S. The SMILES string of the molecule is CCNC(=NCCc1cccs1)N1CC(C)CC(C)C1.I. The van der Waals surface area contributed by atoms with E-state index in [1.54, 1.807) is 0 Å². The zero-order valence-electron chi connectivity index (χ0n) is 13.3. The molecule has 2 rings (SSSR count). The van der Waals surface area contributed by atoms with Gasteiger partial charge in [0.05, 0.1) is 0 Å². The maximum Gasteiger partial charge on any atom is 0.193 e. The molecule has 1 saturated heterocycles. The van der Waals surface area contributed by atoms with E-state index in [-0.39, 0.29) is 24.0 Å². The summed E-state index contributed by atoms with van der Waals surface area (Å²) in [4.78, 5) is 8.68. The Morgan fingerprint density at radius 3 is 2.67 bits per heavy atom. The third-order valence-electron chi connectivity index (χ3n) is 3.70. The topological polar surface area (TPSA) is 27.6 Å². The maximum atomic E-state index is 4.82. The Kier molecular flexibility index (Phi) is 8.63. The van der Waals surface area contributed by atoms with Crippen molar-refractivity contribution in [1.82, 2.24) is 10.2 Å². The normalized spacial score (nSPS) is 22.8. The Bertz CT molecular complexity index is 409. The van der Waals surface area contributed by atoms with Crippen LogP contribution in [0.5, 0.6) is 0 Å². The van der Waals surface area contributed by atoms with Crippen LogP contribution in [0.25, 0.3) is 0 Å². The minimum Gasteiger partial charge on any atom is -0.357 e. The lowest BCUT2D eigenvalue weighted by Crippen LogP contribution is -2.48. The van der Waals surface area contributed by atoms with Gasteiger partial charge in [0.15, 0.2) is 5.96 Å². The minimum atomic E-state index is 0. The Morgan fingerprint density at radius 1 is 1.38 bits per heavy atom. The molecule has 1 fully saturated rings. The molecule has 0 spiro atoms. The van der Waals surface area contributed by atoms with Crippen LogP contribution in [0, 0.1) is 11.8 Å². The number of likely N-dealkylation sites (tertiary alicyclic amines) is 1. The van der Waals surface area contributed by atoms with Crippen molar-refractivity contribution in [2.24, 2.45) is 16.8 Å². The fraction of sp³-hybridized carbons (Fsp3) is 0.688. The molecule has 1 aliphatic rings. The summed E-state index contributed by atoms with van der Waals surface area (Å²) in [5.41, 5.74) is 0. The lowest BCUT2D eigenvalue weighted by molar-refractivity contribution is 0.208. The monoisotopic (exact) mass is 421 g/mol. The first-order valence-corrected chi connectivity index (χ1v) is 8.62. The van der Waals surface area contributed by atoms with Gasteiger partial charge in [-0.2, -0.15) is 0 Å². The number of nitrogens with one attached hydrogen (secondary N) is 1. The molecule has 5 heteroatoms. The third kappa shape index (κ3) is 6.14. The van der Waals surface area contributed by atoms with Crippen LogP contribution in [0.15, 0.2) is 22.5 Å². The summed E-state index contributed by atoms with van der Waals surface area (Å²) >= 11 is 1.82. The van der Waals surface area contributed by atoms with Gasteiger partial charge in [-0.05, 0) is 36.6 Å². The van der Waals surface area contributed by atoms with Gasteiger partial charge in [-0.3, -0.25) is 4.99 Å². The highest BCUT2D eigenvalue weighted by atomic mass is 127. The van der Waals surface area contributed by atoms with E-state index in [4.69, 9.17) is 4.99 Å². The van der Waals surface area contributed by atoms with Crippen LogP contribution in [0.2, 0.25) is 0 Å². The number of nitrogens with zero attached hydrogens (tertiary/aromatic N) is 2. The summed E-state index contributed by atoms with van der Waals surface area (Å²) in [5.74, 6) is 2.63. The van der Waals surface area contributed by atoms with E-state index in [1.165, 1.54) is 11.3 Å². The minimum absolute atomic E-state index is 0. The molecule has 1 N–H and O–H groups in total. The lowest BCUT2D eigenvalue weighted by atomic mass is 9.92. The number of thiophene rings is 1. The number of piperidine rings is 1. The van der Waals surface area contributed by atoms with Crippen molar-refractivity contribution >= 4 is 41.3 Å².